The third-order valence-corrected chi connectivity index (χ3v) is 2.89. The van der Waals surface area contributed by atoms with Gasteiger partial charge in [0.25, 0.3) is 0 Å². The van der Waals surface area contributed by atoms with Crippen molar-refractivity contribution in [1.82, 2.24) is 14.9 Å². The average molecular weight is 261 g/mol. The molecule has 2 aromatic rings. The first kappa shape index (κ1) is 13.4. The molecule has 2 heterocycles. The maximum absolute atomic E-state index is 5.38. The highest BCUT2D eigenvalue weighted by Gasteiger charge is 2.11. The Labute approximate surface area is 113 Å². The van der Waals surface area contributed by atoms with Crippen LogP contribution in [0.2, 0.25) is 0 Å². The zero-order valence-corrected chi connectivity index (χ0v) is 11.5. The Morgan fingerprint density at radius 3 is 2.79 bits per heavy atom. The highest BCUT2D eigenvalue weighted by atomic mass is 16.5. The van der Waals surface area contributed by atoms with E-state index in [4.69, 9.17) is 9.47 Å². The number of nitrogens with zero attached hydrogens (tertiary/aromatic N) is 2. The summed E-state index contributed by atoms with van der Waals surface area (Å²) in [6.45, 7) is 1.51. The normalized spacial score (nSPS) is 10.5. The van der Waals surface area contributed by atoms with Crippen molar-refractivity contribution in [2.45, 2.75) is 13.1 Å². The second-order valence-electron chi connectivity index (χ2n) is 4.22. The van der Waals surface area contributed by atoms with Gasteiger partial charge in [-0.05, 0) is 18.7 Å². The van der Waals surface area contributed by atoms with Crippen molar-refractivity contribution in [2.24, 2.45) is 0 Å². The van der Waals surface area contributed by atoms with Crippen molar-refractivity contribution in [3.8, 4) is 11.5 Å². The van der Waals surface area contributed by atoms with Gasteiger partial charge in [-0.15, -0.1) is 0 Å². The van der Waals surface area contributed by atoms with Crippen LogP contribution in [-0.4, -0.2) is 30.8 Å². The Balaban J connectivity index is 2.22. The van der Waals surface area contributed by atoms with E-state index in [0.29, 0.717) is 18.0 Å². The van der Waals surface area contributed by atoms with E-state index in [1.165, 1.54) is 5.56 Å². The molecular formula is C14H19N3O2. The third-order valence-electron chi connectivity index (χ3n) is 2.89. The Morgan fingerprint density at radius 1 is 1.26 bits per heavy atom. The van der Waals surface area contributed by atoms with E-state index in [-0.39, 0.29) is 0 Å². The van der Waals surface area contributed by atoms with Crippen molar-refractivity contribution in [2.75, 3.05) is 21.3 Å². The minimum atomic E-state index is 0.657. The first-order valence-electron chi connectivity index (χ1n) is 6.13. The number of hydrogen-bond acceptors (Lipinski definition) is 4. The van der Waals surface area contributed by atoms with Gasteiger partial charge in [0.15, 0.2) is 11.5 Å². The van der Waals surface area contributed by atoms with Crippen LogP contribution < -0.4 is 14.8 Å². The molecule has 0 radical (unpaired) electrons. The second kappa shape index (κ2) is 6.24. The lowest BCUT2D eigenvalue weighted by atomic mass is 10.3. The van der Waals surface area contributed by atoms with Crippen molar-refractivity contribution in [3.05, 3.63) is 42.0 Å². The summed E-state index contributed by atoms with van der Waals surface area (Å²) in [6, 6.07) is 3.88. The van der Waals surface area contributed by atoms with Gasteiger partial charge in [-0.1, -0.05) is 0 Å². The number of nitrogens with one attached hydrogen (secondary N) is 1. The van der Waals surface area contributed by atoms with Gasteiger partial charge in [-0.2, -0.15) is 0 Å². The summed E-state index contributed by atoms with van der Waals surface area (Å²) in [4.78, 5) is 4.37. The molecule has 0 aromatic carbocycles. The molecule has 0 aliphatic carbocycles. The Morgan fingerprint density at radius 2 is 2.11 bits per heavy atom. The van der Waals surface area contributed by atoms with Gasteiger partial charge in [0.1, 0.15) is 5.69 Å². The van der Waals surface area contributed by atoms with Crippen LogP contribution in [0, 0.1) is 0 Å². The highest BCUT2D eigenvalue weighted by molar-refractivity contribution is 5.42. The van der Waals surface area contributed by atoms with Crippen LogP contribution in [0.1, 0.15) is 11.3 Å². The van der Waals surface area contributed by atoms with E-state index in [0.717, 1.165) is 12.2 Å². The Kier molecular flexibility index (Phi) is 4.41. The van der Waals surface area contributed by atoms with Gasteiger partial charge >= 0.3 is 0 Å². The Bertz CT molecular complexity index is 537. The van der Waals surface area contributed by atoms with Crippen LogP contribution in [0.4, 0.5) is 0 Å². The van der Waals surface area contributed by atoms with E-state index in [1.54, 1.807) is 26.5 Å². The van der Waals surface area contributed by atoms with Crippen LogP contribution >= 0.6 is 0 Å². The van der Waals surface area contributed by atoms with Gasteiger partial charge < -0.3 is 19.4 Å². The van der Waals surface area contributed by atoms with Crippen LogP contribution in [0.5, 0.6) is 11.5 Å². The molecular weight excluding hydrogens is 242 g/mol. The van der Waals surface area contributed by atoms with Crippen molar-refractivity contribution in [3.63, 3.8) is 0 Å². The molecule has 102 valence electrons. The van der Waals surface area contributed by atoms with Crippen LogP contribution in [0.3, 0.4) is 0 Å². The maximum atomic E-state index is 5.38. The second-order valence-corrected chi connectivity index (χ2v) is 4.22. The smallest absolute Gasteiger partial charge is 0.184 e. The SMILES string of the molecule is CNCc1ccn(Cc2nccc(OC)c2OC)c1. The summed E-state index contributed by atoms with van der Waals surface area (Å²) in [5, 5.41) is 3.13. The molecule has 2 rings (SSSR count). The molecule has 5 nitrogen and oxygen atoms in total. The summed E-state index contributed by atoms with van der Waals surface area (Å²) >= 11 is 0. The predicted octanol–water partition coefficient (Wildman–Crippen LogP) is 1.67. The molecule has 5 heteroatoms. The fourth-order valence-corrected chi connectivity index (χ4v) is 2.03. The molecule has 0 spiro atoms. The zero-order valence-electron chi connectivity index (χ0n) is 11.5. The van der Waals surface area contributed by atoms with Crippen LogP contribution in [-0.2, 0) is 13.1 Å². The van der Waals surface area contributed by atoms with E-state index in [2.05, 4.69) is 27.1 Å². The summed E-state index contributed by atoms with van der Waals surface area (Å²) in [5.41, 5.74) is 2.10. The quantitative estimate of drug-likeness (QED) is 0.859. The predicted molar refractivity (Wildman–Crippen MR) is 73.6 cm³/mol. The Hall–Kier alpha value is -2.01. The van der Waals surface area contributed by atoms with E-state index in [9.17, 15) is 0 Å². The lowest BCUT2D eigenvalue weighted by Gasteiger charge is -2.11. The van der Waals surface area contributed by atoms with Gasteiger partial charge in [-0.3, -0.25) is 4.98 Å². The molecule has 1 N–H and O–H groups in total. The molecule has 0 unspecified atom stereocenters. The number of methoxy groups -OCH3 is 2. The third kappa shape index (κ3) is 3.06. The molecule has 0 aliphatic rings. The van der Waals surface area contributed by atoms with E-state index < -0.39 is 0 Å². The maximum Gasteiger partial charge on any atom is 0.184 e. The van der Waals surface area contributed by atoms with Crippen LogP contribution in [0.15, 0.2) is 30.7 Å². The summed E-state index contributed by atoms with van der Waals surface area (Å²) in [7, 11) is 5.19. The van der Waals surface area contributed by atoms with Gasteiger partial charge in [-0.25, -0.2) is 0 Å². The minimum Gasteiger partial charge on any atom is -0.493 e. The zero-order chi connectivity index (χ0) is 13.7. The molecule has 0 saturated carbocycles. The molecule has 0 bridgehead atoms. The summed E-state index contributed by atoms with van der Waals surface area (Å²) in [5.74, 6) is 1.39. The highest BCUT2D eigenvalue weighted by Crippen LogP contribution is 2.29. The standard InChI is InChI=1S/C14H19N3O2/c1-15-8-11-5-7-17(9-11)10-12-14(19-3)13(18-2)4-6-16-12/h4-7,9,15H,8,10H2,1-3H3. The lowest BCUT2D eigenvalue weighted by molar-refractivity contribution is 0.348. The first-order valence-corrected chi connectivity index (χ1v) is 6.13. The van der Waals surface area contributed by atoms with Crippen LogP contribution in [0.25, 0.3) is 0 Å². The van der Waals surface area contributed by atoms with Gasteiger partial charge in [0.2, 0.25) is 0 Å². The van der Waals surface area contributed by atoms with Gasteiger partial charge in [0.05, 0.1) is 20.8 Å². The lowest BCUT2D eigenvalue weighted by Crippen LogP contribution is -2.05. The molecule has 0 aliphatic heterocycles. The molecule has 2 aromatic heterocycles. The minimum absolute atomic E-state index is 0.657. The molecule has 0 amide bonds. The van der Waals surface area contributed by atoms with Crippen molar-refractivity contribution in [1.29, 1.82) is 0 Å². The molecule has 0 fully saturated rings. The summed E-state index contributed by atoms with van der Waals surface area (Å²) < 4.78 is 12.7. The van der Waals surface area contributed by atoms with Gasteiger partial charge in [0, 0.05) is 31.2 Å². The average Bonchev–Trinajstić information content (AvgIpc) is 2.86. The monoisotopic (exact) mass is 261 g/mol. The largest absolute Gasteiger partial charge is 0.493 e. The van der Waals surface area contributed by atoms with Crippen molar-refractivity contribution >= 4 is 0 Å². The fraction of sp³-hybridized carbons (Fsp3) is 0.357. The fourth-order valence-electron chi connectivity index (χ4n) is 2.03. The van der Waals surface area contributed by atoms with Crippen molar-refractivity contribution < 1.29 is 9.47 Å². The number of ether oxygens (including phenoxy) is 2. The van der Waals surface area contributed by atoms with E-state index in [1.807, 2.05) is 13.2 Å². The number of aromatic nitrogens is 2. The molecule has 19 heavy (non-hydrogen) atoms. The number of hydrogen-bond donors (Lipinski definition) is 1. The molecule has 0 saturated heterocycles. The first-order chi connectivity index (χ1) is 9.28. The number of rotatable bonds is 6. The topological polar surface area (TPSA) is 48.3 Å². The molecule has 0 atom stereocenters. The summed E-state index contributed by atoms with van der Waals surface area (Å²) in [6.07, 6.45) is 5.86. The number of pyridine rings is 1. The van der Waals surface area contributed by atoms with E-state index >= 15 is 0 Å².